The lowest BCUT2D eigenvalue weighted by molar-refractivity contribution is -0.151. The lowest BCUT2D eigenvalue weighted by Gasteiger charge is -2.19. The minimum atomic E-state index is -0.00900. The van der Waals surface area contributed by atoms with Crippen molar-refractivity contribution in [2.45, 2.75) is 45.6 Å². The average Bonchev–Trinajstić information content (AvgIpc) is 2.39. The van der Waals surface area contributed by atoms with Crippen molar-refractivity contribution in [2.75, 3.05) is 0 Å². The molecule has 1 aliphatic rings. The van der Waals surface area contributed by atoms with E-state index in [1.807, 2.05) is 24.3 Å². The van der Waals surface area contributed by atoms with Gasteiger partial charge in [-0.2, -0.15) is 0 Å². The number of ether oxygens (including phenoxy) is 1. The molecule has 2 nitrogen and oxygen atoms in total. The normalized spacial score (nSPS) is 16.8. The van der Waals surface area contributed by atoms with Crippen molar-refractivity contribution in [2.24, 2.45) is 5.92 Å². The smallest absolute Gasteiger partial charge is 0.309 e. The minimum absolute atomic E-state index is 0.00900. The summed E-state index contributed by atoms with van der Waals surface area (Å²) in [6.07, 6.45) is 5.62. The van der Waals surface area contributed by atoms with Crippen molar-refractivity contribution in [3.8, 4) is 0 Å². The Balaban J connectivity index is 1.81. The average molecular weight is 232 g/mol. The Bertz CT molecular complexity index is 361. The van der Waals surface area contributed by atoms with E-state index in [2.05, 4.69) is 6.92 Å². The number of rotatable bonds is 3. The summed E-state index contributed by atoms with van der Waals surface area (Å²) in [7, 11) is 0. The summed E-state index contributed by atoms with van der Waals surface area (Å²) in [6, 6.07) is 8.13. The molecule has 0 spiro atoms. The Morgan fingerprint density at radius 1 is 1.18 bits per heavy atom. The van der Waals surface area contributed by atoms with Crippen molar-refractivity contribution in [3.63, 3.8) is 0 Å². The summed E-state index contributed by atoms with van der Waals surface area (Å²) in [5, 5.41) is 0. The van der Waals surface area contributed by atoms with Crippen LogP contribution in [0.4, 0.5) is 0 Å². The van der Waals surface area contributed by atoms with Crippen LogP contribution in [0, 0.1) is 12.8 Å². The van der Waals surface area contributed by atoms with E-state index in [0.29, 0.717) is 6.61 Å². The van der Waals surface area contributed by atoms with Crippen molar-refractivity contribution < 1.29 is 9.53 Å². The van der Waals surface area contributed by atoms with E-state index in [1.165, 1.54) is 24.8 Å². The monoisotopic (exact) mass is 232 g/mol. The molecule has 1 aromatic carbocycles. The number of benzene rings is 1. The van der Waals surface area contributed by atoms with Crippen LogP contribution in [0.5, 0.6) is 0 Å². The SMILES string of the molecule is Cc1ccc(COC(=O)C2CCCCC2)cc1. The lowest BCUT2D eigenvalue weighted by Crippen LogP contribution is -2.20. The highest BCUT2D eigenvalue weighted by Gasteiger charge is 2.22. The molecule has 2 heteroatoms. The van der Waals surface area contributed by atoms with Crippen LogP contribution in [0.15, 0.2) is 24.3 Å². The summed E-state index contributed by atoms with van der Waals surface area (Å²) >= 11 is 0. The van der Waals surface area contributed by atoms with Crippen LogP contribution in [0.3, 0.4) is 0 Å². The number of aryl methyl sites for hydroxylation is 1. The van der Waals surface area contributed by atoms with Crippen LogP contribution in [-0.2, 0) is 16.1 Å². The predicted octanol–water partition coefficient (Wildman–Crippen LogP) is 3.62. The first kappa shape index (κ1) is 12.2. The fourth-order valence-corrected chi connectivity index (χ4v) is 2.29. The second kappa shape index (κ2) is 5.85. The maximum Gasteiger partial charge on any atom is 0.309 e. The first-order valence-corrected chi connectivity index (χ1v) is 6.48. The second-order valence-corrected chi connectivity index (χ2v) is 4.93. The van der Waals surface area contributed by atoms with Gasteiger partial charge in [-0.25, -0.2) is 0 Å². The van der Waals surface area contributed by atoms with Crippen molar-refractivity contribution in [1.29, 1.82) is 0 Å². The third kappa shape index (κ3) is 3.58. The number of carbonyl (C=O) groups is 1. The molecule has 0 saturated heterocycles. The van der Waals surface area contributed by atoms with E-state index >= 15 is 0 Å². The van der Waals surface area contributed by atoms with Gasteiger partial charge in [0.2, 0.25) is 0 Å². The summed E-state index contributed by atoms with van der Waals surface area (Å²) in [6.45, 7) is 2.47. The van der Waals surface area contributed by atoms with Gasteiger partial charge in [0.1, 0.15) is 6.61 Å². The number of hydrogen-bond acceptors (Lipinski definition) is 2. The van der Waals surface area contributed by atoms with Crippen molar-refractivity contribution in [3.05, 3.63) is 35.4 Å². The molecule has 0 unspecified atom stereocenters. The van der Waals surface area contributed by atoms with E-state index in [0.717, 1.165) is 18.4 Å². The largest absolute Gasteiger partial charge is 0.461 e. The van der Waals surface area contributed by atoms with E-state index in [-0.39, 0.29) is 11.9 Å². The Labute approximate surface area is 103 Å². The van der Waals surface area contributed by atoms with E-state index in [4.69, 9.17) is 4.74 Å². The van der Waals surface area contributed by atoms with Gasteiger partial charge in [0, 0.05) is 0 Å². The molecule has 92 valence electrons. The van der Waals surface area contributed by atoms with Crippen LogP contribution in [0.2, 0.25) is 0 Å². The van der Waals surface area contributed by atoms with Gasteiger partial charge in [0.05, 0.1) is 5.92 Å². The Morgan fingerprint density at radius 2 is 1.82 bits per heavy atom. The van der Waals surface area contributed by atoms with Crippen LogP contribution in [0.1, 0.15) is 43.2 Å². The van der Waals surface area contributed by atoms with Gasteiger partial charge in [-0.3, -0.25) is 4.79 Å². The molecular weight excluding hydrogens is 212 g/mol. The fourth-order valence-electron chi connectivity index (χ4n) is 2.29. The van der Waals surface area contributed by atoms with Crippen LogP contribution >= 0.6 is 0 Å². The predicted molar refractivity (Wildman–Crippen MR) is 67.6 cm³/mol. The summed E-state index contributed by atoms with van der Waals surface area (Å²) in [5.74, 6) is 0.138. The van der Waals surface area contributed by atoms with E-state index in [1.54, 1.807) is 0 Å². The quantitative estimate of drug-likeness (QED) is 0.744. The molecule has 0 bridgehead atoms. The fraction of sp³-hybridized carbons (Fsp3) is 0.533. The molecule has 1 aromatic rings. The maximum absolute atomic E-state index is 11.8. The highest BCUT2D eigenvalue weighted by Crippen LogP contribution is 2.24. The van der Waals surface area contributed by atoms with Crippen LogP contribution in [0.25, 0.3) is 0 Å². The highest BCUT2D eigenvalue weighted by molar-refractivity contribution is 5.72. The van der Waals surface area contributed by atoms with Crippen LogP contribution in [-0.4, -0.2) is 5.97 Å². The topological polar surface area (TPSA) is 26.3 Å². The molecule has 0 aromatic heterocycles. The van der Waals surface area contributed by atoms with Crippen LogP contribution < -0.4 is 0 Å². The number of esters is 1. The zero-order valence-electron chi connectivity index (χ0n) is 10.4. The molecule has 0 heterocycles. The van der Waals surface area contributed by atoms with Gasteiger partial charge in [-0.1, -0.05) is 49.1 Å². The van der Waals surface area contributed by atoms with Gasteiger partial charge in [0.15, 0.2) is 0 Å². The number of hydrogen-bond donors (Lipinski definition) is 0. The minimum Gasteiger partial charge on any atom is -0.461 e. The Hall–Kier alpha value is -1.31. The molecule has 2 rings (SSSR count). The van der Waals surface area contributed by atoms with Gasteiger partial charge in [-0.15, -0.1) is 0 Å². The maximum atomic E-state index is 11.8. The van der Waals surface area contributed by atoms with Gasteiger partial charge >= 0.3 is 5.97 Å². The molecule has 1 fully saturated rings. The lowest BCUT2D eigenvalue weighted by atomic mass is 9.89. The molecule has 0 aliphatic heterocycles. The Kier molecular flexibility index (Phi) is 4.18. The standard InChI is InChI=1S/C15H20O2/c1-12-7-9-13(10-8-12)11-17-15(16)14-5-3-2-4-6-14/h7-10,14H,2-6,11H2,1H3. The second-order valence-electron chi connectivity index (χ2n) is 4.93. The molecule has 1 aliphatic carbocycles. The molecule has 0 N–H and O–H groups in total. The highest BCUT2D eigenvalue weighted by atomic mass is 16.5. The summed E-state index contributed by atoms with van der Waals surface area (Å²) in [4.78, 5) is 11.8. The molecule has 17 heavy (non-hydrogen) atoms. The first-order valence-electron chi connectivity index (χ1n) is 6.48. The van der Waals surface area contributed by atoms with Gasteiger partial charge in [0.25, 0.3) is 0 Å². The molecule has 0 amide bonds. The zero-order chi connectivity index (χ0) is 12.1. The molecule has 0 atom stereocenters. The zero-order valence-corrected chi connectivity index (χ0v) is 10.4. The molecule has 0 radical (unpaired) electrons. The Morgan fingerprint density at radius 3 is 2.47 bits per heavy atom. The molecule has 1 saturated carbocycles. The number of carbonyl (C=O) groups excluding carboxylic acids is 1. The summed E-state index contributed by atoms with van der Waals surface area (Å²) < 4.78 is 5.37. The van der Waals surface area contributed by atoms with Gasteiger partial charge < -0.3 is 4.74 Å². The van der Waals surface area contributed by atoms with E-state index < -0.39 is 0 Å². The van der Waals surface area contributed by atoms with Crippen molar-refractivity contribution in [1.82, 2.24) is 0 Å². The van der Waals surface area contributed by atoms with Gasteiger partial charge in [-0.05, 0) is 25.3 Å². The third-order valence-corrected chi connectivity index (χ3v) is 3.44. The summed E-state index contributed by atoms with van der Waals surface area (Å²) in [5.41, 5.74) is 2.30. The van der Waals surface area contributed by atoms with Crippen molar-refractivity contribution >= 4 is 5.97 Å². The third-order valence-electron chi connectivity index (χ3n) is 3.44. The van der Waals surface area contributed by atoms with E-state index in [9.17, 15) is 4.79 Å². The molecular formula is C15H20O2. The first-order chi connectivity index (χ1) is 8.25.